The molecule has 1 fully saturated rings. The molecule has 1 aromatic carbocycles. The molecule has 1 aromatic rings. The third-order valence-electron chi connectivity index (χ3n) is 3.26. The Labute approximate surface area is 122 Å². The second kappa shape index (κ2) is 7.14. The molecule has 116 valence electrons. The van der Waals surface area contributed by atoms with E-state index in [2.05, 4.69) is 4.90 Å². The van der Waals surface area contributed by atoms with Crippen LogP contribution in [0.4, 0.5) is 0 Å². The Morgan fingerprint density at radius 1 is 1.19 bits per heavy atom. The monoisotopic (exact) mass is 297 g/mol. The summed E-state index contributed by atoms with van der Waals surface area (Å²) in [6, 6.07) is 2.11. The molecule has 1 aliphatic rings. The maximum absolute atomic E-state index is 11.8. The van der Waals surface area contributed by atoms with E-state index in [0.717, 1.165) is 45.0 Å². The van der Waals surface area contributed by atoms with E-state index in [1.807, 2.05) is 0 Å². The summed E-state index contributed by atoms with van der Waals surface area (Å²) in [7, 11) is 0. The van der Waals surface area contributed by atoms with Gasteiger partial charge in [-0.1, -0.05) is 0 Å². The van der Waals surface area contributed by atoms with E-state index in [0.29, 0.717) is 6.42 Å². The van der Waals surface area contributed by atoms with Gasteiger partial charge < -0.3 is 24.8 Å². The summed E-state index contributed by atoms with van der Waals surface area (Å²) in [4.78, 5) is 14.0. The first kappa shape index (κ1) is 15.4. The highest BCUT2D eigenvalue weighted by atomic mass is 16.5. The van der Waals surface area contributed by atoms with Crippen LogP contribution in [0, 0.1) is 0 Å². The lowest BCUT2D eigenvalue weighted by atomic mass is 10.2. The first-order chi connectivity index (χ1) is 10.1. The molecule has 1 aliphatic heterocycles. The van der Waals surface area contributed by atoms with Crippen LogP contribution >= 0.6 is 0 Å². The van der Waals surface area contributed by atoms with Crippen LogP contribution in [0.2, 0.25) is 0 Å². The van der Waals surface area contributed by atoms with Crippen molar-refractivity contribution in [3.8, 4) is 17.2 Å². The molecule has 0 radical (unpaired) electrons. The molecule has 7 heteroatoms. The minimum atomic E-state index is -0.654. The lowest BCUT2D eigenvalue weighted by molar-refractivity contribution is 0.0298. The number of morpholine rings is 1. The van der Waals surface area contributed by atoms with Crippen molar-refractivity contribution in [2.45, 2.75) is 6.42 Å². The highest BCUT2D eigenvalue weighted by Crippen LogP contribution is 2.35. The molecule has 21 heavy (non-hydrogen) atoms. The van der Waals surface area contributed by atoms with E-state index in [1.165, 1.54) is 0 Å². The molecule has 0 aromatic heterocycles. The summed E-state index contributed by atoms with van der Waals surface area (Å²) in [6.45, 7) is 4.29. The van der Waals surface area contributed by atoms with Gasteiger partial charge in [-0.2, -0.15) is 0 Å². The molecular weight excluding hydrogens is 278 g/mol. The van der Waals surface area contributed by atoms with Gasteiger partial charge in [-0.25, -0.2) is 4.79 Å². The van der Waals surface area contributed by atoms with Gasteiger partial charge in [-0.05, 0) is 18.6 Å². The van der Waals surface area contributed by atoms with Gasteiger partial charge in [0.05, 0.1) is 25.4 Å². The summed E-state index contributed by atoms with van der Waals surface area (Å²) in [6.07, 6.45) is 0.696. The van der Waals surface area contributed by atoms with Crippen molar-refractivity contribution < 1.29 is 29.6 Å². The number of carbonyl (C=O) groups excluding carboxylic acids is 1. The van der Waals surface area contributed by atoms with Crippen molar-refractivity contribution in [2.75, 3.05) is 39.5 Å². The number of phenols is 3. The average molecular weight is 297 g/mol. The predicted octanol–water partition coefficient (Wildman–Crippen LogP) is 0.682. The predicted molar refractivity (Wildman–Crippen MR) is 73.6 cm³/mol. The third-order valence-corrected chi connectivity index (χ3v) is 3.26. The van der Waals surface area contributed by atoms with E-state index < -0.39 is 23.2 Å². The summed E-state index contributed by atoms with van der Waals surface area (Å²) in [5.74, 6) is -2.42. The summed E-state index contributed by atoms with van der Waals surface area (Å²) in [5.41, 5.74) is -0.00540. The van der Waals surface area contributed by atoms with Gasteiger partial charge in [0, 0.05) is 19.6 Å². The standard InChI is InChI=1S/C14H19NO6/c16-11-8-10(9-12(17)13(11)18)14(19)21-5-1-2-15-3-6-20-7-4-15/h8-9,16-18H,1-7H2. The van der Waals surface area contributed by atoms with Crippen LogP contribution in [0.5, 0.6) is 17.2 Å². The van der Waals surface area contributed by atoms with E-state index >= 15 is 0 Å². The number of phenolic OH excluding ortho intramolecular Hbond substituents is 3. The molecule has 0 saturated carbocycles. The van der Waals surface area contributed by atoms with E-state index in [-0.39, 0.29) is 12.2 Å². The van der Waals surface area contributed by atoms with Crippen molar-refractivity contribution in [3.05, 3.63) is 17.7 Å². The summed E-state index contributed by atoms with van der Waals surface area (Å²) < 4.78 is 10.3. The molecule has 0 bridgehead atoms. The molecule has 0 unspecified atom stereocenters. The van der Waals surface area contributed by atoms with E-state index in [9.17, 15) is 20.1 Å². The number of benzene rings is 1. The first-order valence-corrected chi connectivity index (χ1v) is 6.80. The van der Waals surface area contributed by atoms with Crippen LogP contribution in [0.1, 0.15) is 16.8 Å². The van der Waals surface area contributed by atoms with Crippen molar-refractivity contribution in [2.24, 2.45) is 0 Å². The number of ether oxygens (including phenoxy) is 2. The summed E-state index contributed by atoms with van der Waals surface area (Å²) >= 11 is 0. The number of nitrogens with zero attached hydrogens (tertiary/aromatic N) is 1. The Morgan fingerprint density at radius 3 is 2.43 bits per heavy atom. The smallest absolute Gasteiger partial charge is 0.338 e. The zero-order valence-electron chi connectivity index (χ0n) is 11.6. The van der Waals surface area contributed by atoms with Gasteiger partial charge >= 0.3 is 5.97 Å². The van der Waals surface area contributed by atoms with E-state index in [4.69, 9.17) is 9.47 Å². The topological polar surface area (TPSA) is 99.5 Å². The van der Waals surface area contributed by atoms with Crippen molar-refractivity contribution in [1.82, 2.24) is 4.90 Å². The van der Waals surface area contributed by atoms with Crippen LogP contribution in [-0.4, -0.2) is 65.6 Å². The van der Waals surface area contributed by atoms with Gasteiger partial charge in [0.1, 0.15) is 0 Å². The van der Waals surface area contributed by atoms with Gasteiger partial charge in [-0.15, -0.1) is 0 Å². The van der Waals surface area contributed by atoms with Crippen molar-refractivity contribution >= 4 is 5.97 Å². The number of esters is 1. The maximum Gasteiger partial charge on any atom is 0.338 e. The summed E-state index contributed by atoms with van der Waals surface area (Å²) in [5, 5.41) is 27.9. The molecule has 0 spiro atoms. The minimum absolute atomic E-state index is 0.00540. The molecule has 1 saturated heterocycles. The Bertz CT molecular complexity index is 475. The highest BCUT2D eigenvalue weighted by molar-refractivity contribution is 5.91. The first-order valence-electron chi connectivity index (χ1n) is 6.80. The van der Waals surface area contributed by atoms with Gasteiger partial charge in [0.15, 0.2) is 17.2 Å². The second-order valence-electron chi connectivity index (χ2n) is 4.81. The number of hydrogen-bond donors (Lipinski definition) is 3. The molecule has 7 nitrogen and oxygen atoms in total. The third kappa shape index (κ3) is 4.24. The Hall–Kier alpha value is -1.99. The molecule has 3 N–H and O–H groups in total. The zero-order chi connectivity index (χ0) is 15.2. The van der Waals surface area contributed by atoms with Gasteiger partial charge in [0.25, 0.3) is 0 Å². The fourth-order valence-electron chi connectivity index (χ4n) is 2.08. The fraction of sp³-hybridized carbons (Fsp3) is 0.500. The Balaban J connectivity index is 1.76. The Kier molecular flexibility index (Phi) is 5.24. The molecule has 0 aliphatic carbocycles. The number of carbonyl (C=O) groups is 1. The van der Waals surface area contributed by atoms with Crippen LogP contribution < -0.4 is 0 Å². The lowest BCUT2D eigenvalue weighted by Gasteiger charge is -2.26. The van der Waals surface area contributed by atoms with Crippen LogP contribution in [0.15, 0.2) is 12.1 Å². The van der Waals surface area contributed by atoms with Crippen LogP contribution in [-0.2, 0) is 9.47 Å². The molecule has 1 heterocycles. The fourth-order valence-corrected chi connectivity index (χ4v) is 2.08. The molecular formula is C14H19NO6. The molecule has 2 rings (SSSR count). The minimum Gasteiger partial charge on any atom is -0.504 e. The number of aromatic hydroxyl groups is 3. The quantitative estimate of drug-likeness (QED) is 0.417. The van der Waals surface area contributed by atoms with Crippen LogP contribution in [0.3, 0.4) is 0 Å². The Morgan fingerprint density at radius 2 is 1.81 bits per heavy atom. The highest BCUT2D eigenvalue weighted by Gasteiger charge is 2.15. The average Bonchev–Trinajstić information content (AvgIpc) is 2.49. The van der Waals surface area contributed by atoms with E-state index in [1.54, 1.807) is 0 Å². The zero-order valence-corrected chi connectivity index (χ0v) is 11.6. The second-order valence-corrected chi connectivity index (χ2v) is 4.81. The molecule has 0 atom stereocenters. The largest absolute Gasteiger partial charge is 0.504 e. The lowest BCUT2D eigenvalue weighted by Crippen LogP contribution is -2.37. The van der Waals surface area contributed by atoms with Crippen LogP contribution in [0.25, 0.3) is 0 Å². The maximum atomic E-state index is 11.8. The van der Waals surface area contributed by atoms with Crippen molar-refractivity contribution in [3.63, 3.8) is 0 Å². The van der Waals surface area contributed by atoms with Crippen molar-refractivity contribution in [1.29, 1.82) is 0 Å². The number of rotatable bonds is 5. The normalized spacial score (nSPS) is 15.8. The SMILES string of the molecule is O=C(OCCCN1CCOCC1)c1cc(O)c(O)c(O)c1. The van der Waals surface area contributed by atoms with Gasteiger partial charge in [-0.3, -0.25) is 4.90 Å². The molecule has 0 amide bonds. The number of hydrogen-bond acceptors (Lipinski definition) is 7. The van der Waals surface area contributed by atoms with Gasteiger partial charge in [0.2, 0.25) is 0 Å².